The summed E-state index contributed by atoms with van der Waals surface area (Å²) in [7, 11) is 0. The van der Waals surface area contributed by atoms with Gasteiger partial charge in [0.25, 0.3) is 0 Å². The summed E-state index contributed by atoms with van der Waals surface area (Å²) in [5, 5.41) is 9.36. The van der Waals surface area contributed by atoms with Crippen LogP contribution in [0.4, 0.5) is 0 Å². The molecule has 1 aromatic carbocycles. The van der Waals surface area contributed by atoms with Crippen molar-refractivity contribution in [1.82, 2.24) is 4.90 Å². The summed E-state index contributed by atoms with van der Waals surface area (Å²) in [6.07, 6.45) is 4.91. The molecule has 0 radical (unpaired) electrons. The Hall–Kier alpha value is -1.06. The molecule has 20 heavy (non-hydrogen) atoms. The Kier molecular flexibility index (Phi) is 5.44. The molecule has 1 saturated carbocycles. The molecule has 3 unspecified atom stereocenters. The van der Waals surface area contributed by atoms with E-state index in [0.29, 0.717) is 23.8 Å². The average Bonchev–Trinajstić information content (AvgIpc) is 2.90. The number of likely N-dealkylation sites (N-methyl/N-ethyl adjacent to an activating group) is 1. The van der Waals surface area contributed by atoms with Gasteiger partial charge in [0.15, 0.2) is 0 Å². The second kappa shape index (κ2) is 7.09. The van der Waals surface area contributed by atoms with Crippen molar-refractivity contribution in [2.24, 2.45) is 11.7 Å². The number of nitrogens with two attached hydrogens (primary N) is 1. The summed E-state index contributed by atoms with van der Waals surface area (Å²) in [6.45, 7) is 6.45. The van der Waals surface area contributed by atoms with Gasteiger partial charge in [-0.25, -0.2) is 0 Å². The molecule has 0 bridgehead atoms. The van der Waals surface area contributed by atoms with Crippen molar-refractivity contribution in [3.05, 3.63) is 29.8 Å². The molecule has 2 rings (SSSR count). The molecule has 3 nitrogen and oxygen atoms in total. The standard InChI is InChI=1S/C17H28N2O/c1-3-19(17-6-4-5-15(17)12-18)13(2)11-14-7-9-16(20)10-8-14/h7-10,13,15,17,20H,3-6,11-12,18H2,1-2H3. The first kappa shape index (κ1) is 15.3. The number of aromatic hydroxyl groups is 1. The minimum absolute atomic E-state index is 0.340. The van der Waals surface area contributed by atoms with Crippen molar-refractivity contribution in [1.29, 1.82) is 0 Å². The average molecular weight is 276 g/mol. The number of phenols is 1. The molecule has 0 aliphatic heterocycles. The molecule has 0 aromatic heterocycles. The summed E-state index contributed by atoms with van der Waals surface area (Å²) in [5.41, 5.74) is 7.22. The maximum Gasteiger partial charge on any atom is 0.115 e. The van der Waals surface area contributed by atoms with E-state index in [1.54, 1.807) is 12.1 Å². The van der Waals surface area contributed by atoms with Gasteiger partial charge in [-0.2, -0.15) is 0 Å². The SMILES string of the molecule is CCN(C(C)Cc1ccc(O)cc1)C1CCCC1CN. The smallest absolute Gasteiger partial charge is 0.115 e. The van der Waals surface area contributed by atoms with Crippen LogP contribution >= 0.6 is 0 Å². The molecular formula is C17H28N2O. The Bertz CT molecular complexity index is 404. The molecule has 0 saturated heterocycles. The minimum Gasteiger partial charge on any atom is -0.508 e. The van der Waals surface area contributed by atoms with E-state index < -0.39 is 0 Å². The number of hydrogen-bond donors (Lipinski definition) is 2. The van der Waals surface area contributed by atoms with Gasteiger partial charge in [-0.15, -0.1) is 0 Å². The lowest BCUT2D eigenvalue weighted by Crippen LogP contribution is -2.46. The molecule has 1 aromatic rings. The lowest BCUT2D eigenvalue weighted by atomic mass is 9.98. The highest BCUT2D eigenvalue weighted by molar-refractivity contribution is 5.26. The van der Waals surface area contributed by atoms with E-state index in [1.807, 2.05) is 12.1 Å². The van der Waals surface area contributed by atoms with Crippen LogP contribution in [0.2, 0.25) is 0 Å². The fourth-order valence-corrected chi connectivity index (χ4v) is 3.69. The maximum absolute atomic E-state index is 9.36. The highest BCUT2D eigenvalue weighted by Crippen LogP contribution is 2.31. The van der Waals surface area contributed by atoms with Gasteiger partial charge in [0.2, 0.25) is 0 Å². The van der Waals surface area contributed by atoms with Gasteiger partial charge in [0, 0.05) is 12.1 Å². The monoisotopic (exact) mass is 276 g/mol. The fourth-order valence-electron chi connectivity index (χ4n) is 3.69. The van der Waals surface area contributed by atoms with E-state index in [1.165, 1.54) is 24.8 Å². The number of benzene rings is 1. The third-order valence-electron chi connectivity index (χ3n) is 4.75. The molecule has 0 heterocycles. The van der Waals surface area contributed by atoms with Crippen molar-refractivity contribution in [2.75, 3.05) is 13.1 Å². The fraction of sp³-hybridized carbons (Fsp3) is 0.647. The number of phenolic OH excluding ortho intramolecular Hbond substituents is 1. The summed E-state index contributed by atoms with van der Waals surface area (Å²) in [4.78, 5) is 2.62. The second-order valence-electron chi connectivity index (χ2n) is 6.04. The second-order valence-corrected chi connectivity index (χ2v) is 6.04. The third kappa shape index (κ3) is 3.53. The number of nitrogens with zero attached hydrogens (tertiary/aromatic N) is 1. The molecule has 1 aliphatic rings. The largest absolute Gasteiger partial charge is 0.508 e. The Labute approximate surface area is 122 Å². The van der Waals surface area contributed by atoms with E-state index in [-0.39, 0.29) is 0 Å². The zero-order valence-corrected chi connectivity index (χ0v) is 12.8. The summed E-state index contributed by atoms with van der Waals surface area (Å²) in [5.74, 6) is 1.00. The Morgan fingerprint density at radius 2 is 2.00 bits per heavy atom. The van der Waals surface area contributed by atoms with Crippen LogP contribution in [0.3, 0.4) is 0 Å². The third-order valence-corrected chi connectivity index (χ3v) is 4.75. The van der Waals surface area contributed by atoms with E-state index in [4.69, 9.17) is 5.73 Å². The van der Waals surface area contributed by atoms with Gasteiger partial charge in [0.1, 0.15) is 5.75 Å². The first-order valence-corrected chi connectivity index (χ1v) is 7.89. The molecular weight excluding hydrogens is 248 g/mol. The van der Waals surface area contributed by atoms with Crippen LogP contribution in [0.25, 0.3) is 0 Å². The van der Waals surface area contributed by atoms with Crippen molar-refractivity contribution in [3.8, 4) is 5.75 Å². The molecule has 3 N–H and O–H groups in total. The molecule has 1 aliphatic carbocycles. The van der Waals surface area contributed by atoms with Gasteiger partial charge in [-0.1, -0.05) is 25.5 Å². The van der Waals surface area contributed by atoms with Crippen LogP contribution in [-0.4, -0.2) is 35.2 Å². The summed E-state index contributed by atoms with van der Waals surface area (Å²) < 4.78 is 0. The van der Waals surface area contributed by atoms with Crippen molar-refractivity contribution < 1.29 is 5.11 Å². The van der Waals surface area contributed by atoms with Crippen molar-refractivity contribution >= 4 is 0 Å². The summed E-state index contributed by atoms with van der Waals surface area (Å²) >= 11 is 0. The zero-order chi connectivity index (χ0) is 14.5. The molecule has 112 valence electrons. The molecule has 3 atom stereocenters. The number of hydrogen-bond acceptors (Lipinski definition) is 3. The predicted molar refractivity (Wildman–Crippen MR) is 83.8 cm³/mol. The predicted octanol–water partition coefficient (Wildman–Crippen LogP) is 2.77. The van der Waals surface area contributed by atoms with Crippen LogP contribution in [0.5, 0.6) is 5.75 Å². The molecule has 0 spiro atoms. The van der Waals surface area contributed by atoms with Crippen LogP contribution in [0.15, 0.2) is 24.3 Å². The maximum atomic E-state index is 9.36. The van der Waals surface area contributed by atoms with Gasteiger partial charge in [-0.3, -0.25) is 4.90 Å². The lowest BCUT2D eigenvalue weighted by molar-refractivity contribution is 0.123. The Balaban J connectivity index is 2.01. The quantitative estimate of drug-likeness (QED) is 0.840. The minimum atomic E-state index is 0.340. The van der Waals surface area contributed by atoms with E-state index in [2.05, 4.69) is 18.7 Å². The van der Waals surface area contributed by atoms with Gasteiger partial charge < -0.3 is 10.8 Å². The van der Waals surface area contributed by atoms with Gasteiger partial charge in [-0.05, 0) is 62.9 Å². The Morgan fingerprint density at radius 3 is 2.60 bits per heavy atom. The van der Waals surface area contributed by atoms with Crippen LogP contribution in [-0.2, 0) is 6.42 Å². The normalized spacial score (nSPS) is 24.2. The van der Waals surface area contributed by atoms with Crippen molar-refractivity contribution in [3.63, 3.8) is 0 Å². The van der Waals surface area contributed by atoms with Crippen LogP contribution in [0.1, 0.15) is 38.7 Å². The van der Waals surface area contributed by atoms with E-state index in [9.17, 15) is 5.11 Å². The van der Waals surface area contributed by atoms with Gasteiger partial charge in [0.05, 0.1) is 0 Å². The van der Waals surface area contributed by atoms with Crippen LogP contribution < -0.4 is 5.73 Å². The van der Waals surface area contributed by atoms with Gasteiger partial charge >= 0.3 is 0 Å². The molecule has 1 fully saturated rings. The lowest BCUT2D eigenvalue weighted by Gasteiger charge is -2.36. The first-order valence-electron chi connectivity index (χ1n) is 7.89. The molecule has 0 amide bonds. The first-order chi connectivity index (χ1) is 9.65. The number of rotatable bonds is 6. The zero-order valence-electron chi connectivity index (χ0n) is 12.8. The molecule has 3 heteroatoms. The topological polar surface area (TPSA) is 49.5 Å². The van der Waals surface area contributed by atoms with E-state index >= 15 is 0 Å². The summed E-state index contributed by atoms with van der Waals surface area (Å²) in [6, 6.07) is 8.76. The highest BCUT2D eigenvalue weighted by atomic mass is 16.3. The highest BCUT2D eigenvalue weighted by Gasteiger charge is 2.32. The van der Waals surface area contributed by atoms with E-state index in [0.717, 1.165) is 19.5 Å². The van der Waals surface area contributed by atoms with Crippen molar-refractivity contribution in [2.45, 2.75) is 51.6 Å². The Morgan fingerprint density at radius 1 is 1.30 bits per heavy atom. The van der Waals surface area contributed by atoms with Crippen LogP contribution in [0, 0.1) is 5.92 Å².